The van der Waals surface area contributed by atoms with Gasteiger partial charge in [0.25, 0.3) is 5.56 Å². The molecule has 4 nitrogen and oxygen atoms in total. The summed E-state index contributed by atoms with van der Waals surface area (Å²) in [5.74, 6) is 1.15. The third-order valence-electron chi connectivity index (χ3n) is 5.16. The summed E-state index contributed by atoms with van der Waals surface area (Å²) in [6.45, 7) is 1.06. The number of benzene rings is 3. The molecule has 32 heavy (non-hydrogen) atoms. The van der Waals surface area contributed by atoms with Crippen LogP contribution in [0.15, 0.2) is 71.5 Å². The van der Waals surface area contributed by atoms with Crippen LogP contribution in [0.3, 0.4) is 0 Å². The summed E-state index contributed by atoms with van der Waals surface area (Å²) < 4.78 is 7.50. The number of unbranched alkanes of at least 4 members (excludes halogenated alkanes) is 2. The third-order valence-corrected chi connectivity index (χ3v) is 6.00. The minimum Gasteiger partial charge on any atom is -0.490 e. The zero-order valence-electron chi connectivity index (χ0n) is 17.2. The largest absolute Gasteiger partial charge is 0.490 e. The Morgan fingerprint density at radius 2 is 1.53 bits per heavy atom. The van der Waals surface area contributed by atoms with Gasteiger partial charge in [0.05, 0.1) is 27.6 Å². The highest BCUT2D eigenvalue weighted by atomic mass is 35.5. The fourth-order valence-electron chi connectivity index (χ4n) is 3.54. The standard InChI is InChI=1S/C25H21Cl3N2O2/c26-18-13-11-17(12-14-18)24-29-22-10-3-2-7-19(22)25(31)30(24)15-4-1-5-16-32-23-20(27)8-6-9-21(23)28/h2-3,6-14H,1,4-5,15-16H2. The SMILES string of the molecule is O=c1c2ccccc2nc(-c2ccc(Cl)cc2)n1CCCCCOc1c(Cl)cccc1Cl. The van der Waals surface area contributed by atoms with Crippen LogP contribution in [0.25, 0.3) is 22.3 Å². The number of ether oxygens (including phenoxy) is 1. The van der Waals surface area contributed by atoms with Gasteiger partial charge in [0.15, 0.2) is 5.75 Å². The summed E-state index contributed by atoms with van der Waals surface area (Å²) in [6, 6.07) is 20.1. The van der Waals surface area contributed by atoms with Crippen molar-refractivity contribution in [2.45, 2.75) is 25.8 Å². The molecule has 1 heterocycles. The molecular weight excluding hydrogens is 467 g/mol. The van der Waals surface area contributed by atoms with Gasteiger partial charge in [-0.05, 0) is 67.8 Å². The van der Waals surface area contributed by atoms with Crippen molar-refractivity contribution in [1.82, 2.24) is 9.55 Å². The van der Waals surface area contributed by atoms with Gasteiger partial charge in [-0.1, -0.05) is 53.0 Å². The van der Waals surface area contributed by atoms with Crippen molar-refractivity contribution < 1.29 is 4.74 Å². The first-order chi connectivity index (χ1) is 15.5. The van der Waals surface area contributed by atoms with Crippen LogP contribution in [-0.4, -0.2) is 16.2 Å². The Morgan fingerprint density at radius 1 is 0.812 bits per heavy atom. The zero-order valence-corrected chi connectivity index (χ0v) is 19.5. The number of aromatic nitrogens is 2. The van der Waals surface area contributed by atoms with E-state index in [-0.39, 0.29) is 5.56 Å². The molecule has 0 saturated heterocycles. The molecule has 0 amide bonds. The second-order valence-electron chi connectivity index (χ2n) is 7.38. The molecule has 0 N–H and O–H groups in total. The average Bonchev–Trinajstić information content (AvgIpc) is 2.79. The summed E-state index contributed by atoms with van der Waals surface area (Å²) in [5.41, 5.74) is 1.50. The number of para-hydroxylation sites is 2. The van der Waals surface area contributed by atoms with Gasteiger partial charge in [-0.3, -0.25) is 9.36 Å². The van der Waals surface area contributed by atoms with Crippen molar-refractivity contribution in [3.8, 4) is 17.1 Å². The van der Waals surface area contributed by atoms with Crippen LogP contribution >= 0.6 is 34.8 Å². The number of halogens is 3. The van der Waals surface area contributed by atoms with E-state index in [2.05, 4.69) is 0 Å². The van der Waals surface area contributed by atoms with Crippen LogP contribution < -0.4 is 10.3 Å². The van der Waals surface area contributed by atoms with Gasteiger partial charge >= 0.3 is 0 Å². The molecule has 4 aromatic rings. The van der Waals surface area contributed by atoms with Crippen molar-refractivity contribution in [2.75, 3.05) is 6.61 Å². The maximum absolute atomic E-state index is 13.2. The Hall–Kier alpha value is -2.53. The second kappa shape index (κ2) is 10.4. The molecule has 0 spiro atoms. The van der Waals surface area contributed by atoms with E-state index < -0.39 is 0 Å². The molecule has 0 fully saturated rings. The fraction of sp³-hybridized carbons (Fsp3) is 0.200. The first kappa shape index (κ1) is 22.7. The summed E-state index contributed by atoms with van der Waals surface area (Å²) in [5, 5.41) is 2.25. The lowest BCUT2D eigenvalue weighted by Gasteiger charge is -2.14. The van der Waals surface area contributed by atoms with Gasteiger partial charge < -0.3 is 4.74 Å². The quantitative estimate of drug-likeness (QED) is 0.245. The highest BCUT2D eigenvalue weighted by Crippen LogP contribution is 2.32. The van der Waals surface area contributed by atoms with Crippen molar-refractivity contribution in [1.29, 1.82) is 0 Å². The lowest BCUT2D eigenvalue weighted by atomic mass is 10.1. The molecule has 0 radical (unpaired) electrons. The van der Waals surface area contributed by atoms with Crippen molar-refractivity contribution in [3.05, 3.63) is 92.2 Å². The Kier molecular flexibility index (Phi) is 7.36. The Labute approximate surface area is 201 Å². The molecule has 4 rings (SSSR count). The minimum atomic E-state index is -0.0420. The van der Waals surface area contributed by atoms with Gasteiger partial charge in [-0.2, -0.15) is 0 Å². The molecule has 164 valence electrons. The van der Waals surface area contributed by atoms with E-state index in [9.17, 15) is 4.79 Å². The molecule has 0 bridgehead atoms. The van der Waals surface area contributed by atoms with Crippen LogP contribution in [0.5, 0.6) is 5.75 Å². The van der Waals surface area contributed by atoms with Crippen molar-refractivity contribution >= 4 is 45.7 Å². The maximum Gasteiger partial charge on any atom is 0.261 e. The summed E-state index contributed by atoms with van der Waals surface area (Å²) in [6.07, 6.45) is 2.50. The first-order valence-electron chi connectivity index (χ1n) is 10.4. The normalized spacial score (nSPS) is 11.1. The predicted octanol–water partition coefficient (Wildman–Crippen LogP) is 7.27. The van der Waals surface area contributed by atoms with Crippen LogP contribution in [0, 0.1) is 0 Å². The highest BCUT2D eigenvalue weighted by Gasteiger charge is 2.13. The topological polar surface area (TPSA) is 44.1 Å². The van der Waals surface area contributed by atoms with E-state index in [1.54, 1.807) is 34.9 Å². The van der Waals surface area contributed by atoms with Gasteiger partial charge in [0.1, 0.15) is 5.82 Å². The summed E-state index contributed by atoms with van der Waals surface area (Å²) in [7, 11) is 0. The van der Waals surface area contributed by atoms with Crippen LogP contribution in [0.1, 0.15) is 19.3 Å². The molecule has 0 aliphatic carbocycles. The first-order valence-corrected chi connectivity index (χ1v) is 11.5. The molecule has 7 heteroatoms. The molecule has 0 aliphatic rings. The van der Waals surface area contributed by atoms with E-state index in [0.29, 0.717) is 50.7 Å². The fourth-order valence-corrected chi connectivity index (χ4v) is 4.17. The van der Waals surface area contributed by atoms with Crippen molar-refractivity contribution in [3.63, 3.8) is 0 Å². The molecule has 0 aliphatic heterocycles. The average molecular weight is 488 g/mol. The predicted molar refractivity (Wildman–Crippen MR) is 132 cm³/mol. The summed E-state index contributed by atoms with van der Waals surface area (Å²) >= 11 is 18.3. The van der Waals surface area contributed by atoms with Gasteiger partial charge in [0, 0.05) is 17.1 Å². The number of hydrogen-bond acceptors (Lipinski definition) is 3. The second-order valence-corrected chi connectivity index (χ2v) is 8.63. The van der Waals surface area contributed by atoms with E-state index in [0.717, 1.165) is 24.8 Å². The Bertz CT molecular complexity index is 1270. The molecule has 0 unspecified atom stereocenters. The zero-order chi connectivity index (χ0) is 22.5. The van der Waals surface area contributed by atoms with Crippen molar-refractivity contribution in [2.24, 2.45) is 0 Å². The number of hydrogen-bond donors (Lipinski definition) is 0. The van der Waals surface area contributed by atoms with Gasteiger partial charge in [-0.25, -0.2) is 4.98 Å². The number of fused-ring (bicyclic) bond motifs is 1. The highest BCUT2D eigenvalue weighted by molar-refractivity contribution is 6.37. The minimum absolute atomic E-state index is 0.0420. The van der Waals surface area contributed by atoms with Crippen LogP contribution in [-0.2, 0) is 6.54 Å². The maximum atomic E-state index is 13.2. The smallest absolute Gasteiger partial charge is 0.261 e. The number of rotatable bonds is 8. The molecule has 1 aromatic heterocycles. The monoisotopic (exact) mass is 486 g/mol. The Balaban J connectivity index is 1.47. The van der Waals surface area contributed by atoms with Gasteiger partial charge in [0.2, 0.25) is 0 Å². The molecule has 0 atom stereocenters. The lowest BCUT2D eigenvalue weighted by molar-refractivity contribution is 0.304. The van der Waals surface area contributed by atoms with E-state index >= 15 is 0 Å². The molecule has 3 aromatic carbocycles. The molecule has 0 saturated carbocycles. The van der Waals surface area contributed by atoms with E-state index in [1.807, 2.05) is 36.4 Å². The molecular formula is C25H21Cl3N2O2. The van der Waals surface area contributed by atoms with E-state index in [1.165, 1.54) is 0 Å². The van der Waals surface area contributed by atoms with Crippen LogP contribution in [0.2, 0.25) is 15.1 Å². The lowest BCUT2D eigenvalue weighted by Crippen LogP contribution is -2.23. The Morgan fingerprint density at radius 3 is 2.28 bits per heavy atom. The number of nitrogens with zero attached hydrogens (tertiary/aromatic N) is 2. The third kappa shape index (κ3) is 5.09. The van der Waals surface area contributed by atoms with Crippen LogP contribution in [0.4, 0.5) is 0 Å². The van der Waals surface area contributed by atoms with Gasteiger partial charge in [-0.15, -0.1) is 0 Å². The van der Waals surface area contributed by atoms with E-state index in [4.69, 9.17) is 44.5 Å². The summed E-state index contributed by atoms with van der Waals surface area (Å²) in [4.78, 5) is 18.0.